The predicted molar refractivity (Wildman–Crippen MR) is 68.5 cm³/mol. The van der Waals surface area contributed by atoms with Crippen LogP contribution in [0.25, 0.3) is 0 Å². The monoisotopic (exact) mass is 319 g/mol. The van der Waals surface area contributed by atoms with E-state index in [9.17, 15) is 0 Å². The van der Waals surface area contributed by atoms with Crippen LogP contribution in [0.5, 0.6) is 0 Å². The fourth-order valence-corrected chi connectivity index (χ4v) is 2.80. The van der Waals surface area contributed by atoms with Gasteiger partial charge in [0.2, 0.25) is 0 Å². The lowest BCUT2D eigenvalue weighted by atomic mass is 9.80. The van der Waals surface area contributed by atoms with Gasteiger partial charge in [-0.3, -0.25) is 0 Å². The Labute approximate surface area is 104 Å². The minimum atomic E-state index is -1.35. The van der Waals surface area contributed by atoms with Gasteiger partial charge in [0.1, 0.15) is 0 Å². The summed E-state index contributed by atoms with van der Waals surface area (Å²) in [7, 11) is -1.35. The molecule has 0 aliphatic rings. The van der Waals surface area contributed by atoms with Crippen molar-refractivity contribution in [2.24, 2.45) is 0 Å². The molecule has 2 N–H and O–H groups in total. The van der Waals surface area contributed by atoms with Crippen LogP contribution in [0, 0.1) is 0 Å². The smallest absolute Gasteiger partial charge is 0.488 e. The van der Waals surface area contributed by atoms with Crippen molar-refractivity contribution in [3.8, 4) is 0 Å². The van der Waals surface area contributed by atoms with E-state index < -0.39 is 7.12 Å². The lowest BCUT2D eigenvalue weighted by Crippen LogP contribution is -2.30. The fourth-order valence-electron chi connectivity index (χ4n) is 0.970. The molecule has 1 aromatic rings. The Morgan fingerprint density at radius 2 is 1.85 bits per heavy atom. The maximum Gasteiger partial charge on any atom is 0.488 e. The minimum Gasteiger partial charge on any atom is -0.559 e. The molecule has 0 aliphatic carbocycles. The standard InChI is InChI=1S/C6H6BNO2.2Al.HI.3H/c8-6-3-1-5(2-4-6)7(9)10;;;;;;/h1-4,9-10H;;;1H;;;/q;;+1;;;;/p-1. The molecule has 0 heterocycles. The van der Waals surface area contributed by atoms with Gasteiger partial charge in [0.15, 0.2) is 0 Å². The van der Waals surface area contributed by atoms with Crippen LogP contribution in [-0.2, 0) is 0 Å². The topological polar surface area (TPSA) is 43.7 Å². The molecule has 1 aromatic carbocycles. The van der Waals surface area contributed by atoms with Crippen molar-refractivity contribution in [2.45, 2.75) is 0 Å². The summed E-state index contributed by atoms with van der Waals surface area (Å²) in [5.41, 5.74) is 1.74. The number of halogens is 1. The van der Waals surface area contributed by atoms with Crippen LogP contribution < -0.4 is 8.33 Å². The molecule has 0 saturated heterocycles. The minimum absolute atomic E-state index is 0.152. The van der Waals surface area contributed by atoms with Crippen LogP contribution >= 0.6 is 20.3 Å². The van der Waals surface area contributed by atoms with Gasteiger partial charge in [0.25, 0.3) is 0 Å². The van der Waals surface area contributed by atoms with Gasteiger partial charge in [-0.2, -0.15) is 20.3 Å². The highest BCUT2D eigenvalue weighted by molar-refractivity contribution is 14.1. The summed E-state index contributed by atoms with van der Waals surface area (Å²) >= 11 is 3.32. The maximum atomic E-state index is 8.87. The molecule has 0 unspecified atom stereocenters. The van der Waals surface area contributed by atoms with E-state index in [1.54, 1.807) is 12.1 Å². The van der Waals surface area contributed by atoms with Crippen molar-refractivity contribution in [1.82, 2.24) is 0 Å². The number of benzene rings is 1. The molecule has 0 fully saturated rings. The zero-order valence-corrected chi connectivity index (χ0v) is 12.9. The molecule has 13 heavy (non-hydrogen) atoms. The zero-order chi connectivity index (χ0) is 9.84. The Morgan fingerprint density at radius 1 is 1.31 bits per heavy atom. The fraction of sp³-hybridized carbons (Fsp3) is 0. The average Bonchev–Trinajstić information content (AvgIpc) is 2.17. The predicted octanol–water partition coefficient (Wildman–Crippen LogP) is -1.58. The second-order valence-electron chi connectivity index (χ2n) is 2.78. The van der Waals surface area contributed by atoms with E-state index in [1.165, 1.54) is 5.69 Å². The Hall–Kier alpha value is 0.800. The van der Waals surface area contributed by atoms with Gasteiger partial charge in [0, 0.05) is 0 Å². The highest BCUT2D eigenvalue weighted by Crippen LogP contribution is 2.09. The number of hydrogen-bond acceptors (Lipinski definition) is 3. The van der Waals surface area contributed by atoms with Gasteiger partial charge in [-0.25, -0.2) is 0 Å². The van der Waals surface area contributed by atoms with E-state index in [0.717, 1.165) is 16.5 Å². The molecular formula is C6H9Al2BINO2. The highest BCUT2D eigenvalue weighted by atomic mass is 127. The summed E-state index contributed by atoms with van der Waals surface area (Å²) in [4.78, 5) is 0. The summed E-state index contributed by atoms with van der Waals surface area (Å²) in [6.07, 6.45) is 0. The van der Waals surface area contributed by atoms with E-state index in [-0.39, 0.29) is 12.2 Å². The van der Waals surface area contributed by atoms with Crippen molar-refractivity contribution in [3.63, 3.8) is 0 Å². The molecular weight excluding hydrogens is 310 g/mol. The summed E-state index contributed by atoms with van der Waals surface area (Å²) in [6, 6.07) is 7.39. The molecule has 0 amide bonds. The lowest BCUT2D eigenvalue weighted by molar-refractivity contribution is 0.426. The van der Waals surface area contributed by atoms with Crippen molar-refractivity contribution < 1.29 is 10.0 Å². The largest absolute Gasteiger partial charge is 0.559 e. The molecule has 0 aliphatic heterocycles. The first-order valence-corrected chi connectivity index (χ1v) is 10.5. The van der Waals surface area contributed by atoms with Gasteiger partial charge in [-0.05, 0) is 23.3 Å². The SMILES string of the molecule is OB(O)c1ccc([N]([AlH2])[AlH][I])cc1. The molecule has 0 atom stereocenters. The Balaban J connectivity index is 2.81. The van der Waals surface area contributed by atoms with E-state index in [4.69, 9.17) is 10.0 Å². The van der Waals surface area contributed by atoms with E-state index in [2.05, 4.69) is 23.1 Å². The number of hydrogen-bond donors (Lipinski definition) is 2. The third-order valence-electron chi connectivity index (χ3n) is 1.81. The molecule has 7 heteroatoms. The van der Waals surface area contributed by atoms with Crippen molar-refractivity contribution in [1.29, 1.82) is 0 Å². The normalized spacial score (nSPS) is 9.46. The Morgan fingerprint density at radius 3 is 2.23 bits per heavy atom. The Bertz CT molecular complexity index is 272. The first kappa shape index (κ1) is 11.9. The van der Waals surface area contributed by atoms with Crippen LogP contribution in [0.15, 0.2) is 24.3 Å². The summed E-state index contributed by atoms with van der Waals surface area (Å²) in [5, 5.41) is 17.7. The van der Waals surface area contributed by atoms with Crippen LogP contribution in [-0.4, -0.2) is 45.8 Å². The van der Waals surface area contributed by atoms with Crippen LogP contribution in [0.2, 0.25) is 0 Å². The van der Waals surface area contributed by atoms with Gasteiger partial charge in [0.05, 0.1) is 0 Å². The zero-order valence-electron chi connectivity index (χ0n) is 7.31. The summed E-state index contributed by atoms with van der Waals surface area (Å²) in [6.45, 7) is 0. The molecule has 66 valence electrons. The second-order valence-corrected chi connectivity index (χ2v) is 8.36. The third kappa shape index (κ3) is 3.45. The number of rotatable bonds is 3. The van der Waals surface area contributed by atoms with Gasteiger partial charge in [-0.1, -0.05) is 12.1 Å². The van der Waals surface area contributed by atoms with Crippen molar-refractivity contribution in [2.75, 3.05) is 2.87 Å². The third-order valence-corrected chi connectivity index (χ3v) is 10.9. The number of nitrogens with zero attached hydrogens (tertiary/aromatic N) is 1. The molecule has 0 saturated carbocycles. The second kappa shape index (κ2) is 5.63. The van der Waals surface area contributed by atoms with Gasteiger partial charge >= 0.3 is 35.8 Å². The highest BCUT2D eigenvalue weighted by Gasteiger charge is 2.10. The first-order chi connectivity index (χ1) is 6.15. The number of anilines is 1. The van der Waals surface area contributed by atoms with Gasteiger partial charge in [-0.15, -0.1) is 0 Å². The average molecular weight is 319 g/mol. The maximum absolute atomic E-state index is 8.87. The molecule has 1 rings (SSSR count). The summed E-state index contributed by atoms with van der Waals surface area (Å²) < 4.78 is 2.34. The van der Waals surface area contributed by atoms with Crippen molar-refractivity contribution >= 4 is 67.2 Å². The first-order valence-electron chi connectivity index (χ1n) is 3.88. The molecule has 0 radical (unpaired) electrons. The van der Waals surface area contributed by atoms with Crippen LogP contribution in [0.1, 0.15) is 0 Å². The molecule has 3 nitrogen and oxygen atoms in total. The quantitative estimate of drug-likeness (QED) is 0.522. The van der Waals surface area contributed by atoms with E-state index >= 15 is 0 Å². The van der Waals surface area contributed by atoms with Crippen LogP contribution in [0.3, 0.4) is 0 Å². The molecule has 0 bridgehead atoms. The van der Waals surface area contributed by atoms with Crippen LogP contribution in [0.4, 0.5) is 5.69 Å². The van der Waals surface area contributed by atoms with Gasteiger partial charge < -0.3 is 12.9 Å². The summed E-state index contributed by atoms with van der Waals surface area (Å²) in [5.74, 6) is 0. The molecule has 0 spiro atoms. The lowest BCUT2D eigenvalue weighted by Gasteiger charge is -2.18. The van der Waals surface area contributed by atoms with E-state index in [1.807, 2.05) is 12.1 Å². The van der Waals surface area contributed by atoms with Crippen molar-refractivity contribution in [3.05, 3.63) is 24.3 Å². The Kier molecular flexibility index (Phi) is 5.14. The molecule has 0 aromatic heterocycles. The van der Waals surface area contributed by atoms with E-state index in [0.29, 0.717) is 5.46 Å².